The number of likely N-dealkylation sites (N-methyl/N-ethyl adjacent to an activating group) is 1. The van der Waals surface area contributed by atoms with E-state index in [0.29, 0.717) is 6.04 Å². The molecular weight excluding hydrogens is 304 g/mol. The molecule has 0 spiro atoms. The van der Waals surface area contributed by atoms with Crippen molar-refractivity contribution < 1.29 is 14.3 Å². The van der Waals surface area contributed by atoms with Crippen LogP contribution in [0.5, 0.6) is 5.75 Å². The van der Waals surface area contributed by atoms with E-state index in [9.17, 15) is 4.79 Å². The van der Waals surface area contributed by atoms with Crippen molar-refractivity contribution in [2.45, 2.75) is 50.4 Å². The van der Waals surface area contributed by atoms with Crippen LogP contribution in [-0.2, 0) is 16.0 Å². The Kier molecular flexibility index (Phi) is 5.41. The summed E-state index contributed by atoms with van der Waals surface area (Å²) in [5.41, 5.74) is 2.68. The van der Waals surface area contributed by atoms with E-state index >= 15 is 0 Å². The first-order chi connectivity index (χ1) is 11.6. The topological polar surface area (TPSA) is 50.8 Å². The number of fused-ring (bicyclic) bond motifs is 1. The summed E-state index contributed by atoms with van der Waals surface area (Å²) in [5, 5.41) is 3.65. The number of nitrogens with zero attached hydrogens (tertiary/aromatic N) is 1. The third kappa shape index (κ3) is 3.57. The fourth-order valence-corrected chi connectivity index (χ4v) is 3.82. The van der Waals surface area contributed by atoms with Crippen molar-refractivity contribution >= 4 is 5.91 Å². The Hall–Kier alpha value is -1.59. The SMILES string of the molecule is COc1cccc2c1CCC[C@@H]2NC[C@H]1CC[C@@H](C(=O)N(C)C)O1. The Morgan fingerprint density at radius 3 is 2.92 bits per heavy atom. The van der Waals surface area contributed by atoms with Gasteiger partial charge in [0.1, 0.15) is 11.9 Å². The number of ether oxygens (including phenoxy) is 2. The van der Waals surface area contributed by atoms with Gasteiger partial charge in [0.15, 0.2) is 0 Å². The molecule has 2 aliphatic rings. The van der Waals surface area contributed by atoms with E-state index in [-0.39, 0.29) is 18.1 Å². The molecule has 5 nitrogen and oxygen atoms in total. The molecule has 1 aromatic rings. The summed E-state index contributed by atoms with van der Waals surface area (Å²) in [5.74, 6) is 1.07. The molecule has 0 aromatic heterocycles. The number of hydrogen-bond donors (Lipinski definition) is 1. The summed E-state index contributed by atoms with van der Waals surface area (Å²) in [6, 6.07) is 6.65. The lowest BCUT2D eigenvalue weighted by atomic mass is 9.87. The van der Waals surface area contributed by atoms with Crippen LogP contribution >= 0.6 is 0 Å². The Morgan fingerprint density at radius 2 is 2.17 bits per heavy atom. The molecule has 0 unspecified atom stereocenters. The number of amides is 1. The van der Waals surface area contributed by atoms with Crippen LogP contribution in [0.1, 0.15) is 42.9 Å². The van der Waals surface area contributed by atoms with E-state index in [4.69, 9.17) is 9.47 Å². The fraction of sp³-hybridized carbons (Fsp3) is 0.632. The third-order valence-electron chi connectivity index (χ3n) is 5.10. The summed E-state index contributed by atoms with van der Waals surface area (Å²) in [4.78, 5) is 13.6. The number of hydrogen-bond acceptors (Lipinski definition) is 4. The van der Waals surface area contributed by atoms with Gasteiger partial charge in [0, 0.05) is 26.7 Å². The zero-order valence-electron chi connectivity index (χ0n) is 14.9. The summed E-state index contributed by atoms with van der Waals surface area (Å²) in [7, 11) is 5.30. The molecular formula is C19H28N2O3. The van der Waals surface area contributed by atoms with Gasteiger partial charge >= 0.3 is 0 Å². The lowest BCUT2D eigenvalue weighted by Gasteiger charge is -2.28. The van der Waals surface area contributed by atoms with Crippen LogP contribution in [0.3, 0.4) is 0 Å². The van der Waals surface area contributed by atoms with E-state index in [0.717, 1.165) is 44.4 Å². The van der Waals surface area contributed by atoms with Crippen molar-refractivity contribution in [2.24, 2.45) is 0 Å². The van der Waals surface area contributed by atoms with Gasteiger partial charge in [-0.15, -0.1) is 0 Å². The largest absolute Gasteiger partial charge is 0.496 e. The zero-order chi connectivity index (χ0) is 17.1. The summed E-state index contributed by atoms with van der Waals surface area (Å²) < 4.78 is 11.4. The van der Waals surface area contributed by atoms with E-state index in [1.54, 1.807) is 26.1 Å². The Balaban J connectivity index is 1.58. The number of benzene rings is 1. The second kappa shape index (κ2) is 7.53. The molecule has 1 N–H and O–H groups in total. The summed E-state index contributed by atoms with van der Waals surface area (Å²) in [6.45, 7) is 0.790. The second-order valence-electron chi connectivity index (χ2n) is 6.94. The molecule has 0 bridgehead atoms. The first-order valence-electron chi connectivity index (χ1n) is 8.86. The maximum absolute atomic E-state index is 12.0. The summed E-state index contributed by atoms with van der Waals surface area (Å²) >= 11 is 0. The Morgan fingerprint density at radius 1 is 1.33 bits per heavy atom. The molecule has 0 saturated carbocycles. The number of carbonyl (C=O) groups is 1. The van der Waals surface area contributed by atoms with Gasteiger partial charge in [-0.25, -0.2) is 0 Å². The average Bonchev–Trinajstić information content (AvgIpc) is 3.07. The minimum Gasteiger partial charge on any atom is -0.496 e. The van der Waals surface area contributed by atoms with Crippen LogP contribution in [0.2, 0.25) is 0 Å². The zero-order valence-corrected chi connectivity index (χ0v) is 14.9. The highest BCUT2D eigenvalue weighted by molar-refractivity contribution is 5.80. The molecule has 132 valence electrons. The maximum Gasteiger partial charge on any atom is 0.251 e. The molecule has 1 aliphatic carbocycles. The van der Waals surface area contributed by atoms with Crippen molar-refractivity contribution in [1.82, 2.24) is 10.2 Å². The lowest BCUT2D eigenvalue weighted by molar-refractivity contribution is -0.140. The third-order valence-corrected chi connectivity index (χ3v) is 5.10. The first-order valence-corrected chi connectivity index (χ1v) is 8.86. The van der Waals surface area contributed by atoms with Gasteiger partial charge < -0.3 is 19.7 Å². The van der Waals surface area contributed by atoms with E-state index in [2.05, 4.69) is 17.4 Å². The van der Waals surface area contributed by atoms with Crippen molar-refractivity contribution in [2.75, 3.05) is 27.7 Å². The normalized spacial score (nSPS) is 26.0. The molecule has 5 heteroatoms. The second-order valence-corrected chi connectivity index (χ2v) is 6.94. The average molecular weight is 332 g/mol. The van der Waals surface area contributed by atoms with Crippen LogP contribution in [-0.4, -0.2) is 50.8 Å². The van der Waals surface area contributed by atoms with Crippen LogP contribution in [0.25, 0.3) is 0 Å². The first kappa shape index (κ1) is 17.2. The molecule has 1 aliphatic heterocycles. The standard InChI is InChI=1S/C19H28N2O3/c1-21(2)19(22)18-11-10-13(24-18)12-20-16-8-4-7-15-14(16)6-5-9-17(15)23-3/h5-6,9,13,16,18,20H,4,7-8,10-12H2,1-3H3/t13-,16+,18+/m1/s1. The van der Waals surface area contributed by atoms with Crippen molar-refractivity contribution in [1.29, 1.82) is 0 Å². The highest BCUT2D eigenvalue weighted by atomic mass is 16.5. The van der Waals surface area contributed by atoms with E-state index in [1.165, 1.54) is 11.1 Å². The monoisotopic (exact) mass is 332 g/mol. The van der Waals surface area contributed by atoms with Gasteiger partial charge in [0.05, 0.1) is 13.2 Å². The fourth-order valence-electron chi connectivity index (χ4n) is 3.82. The molecule has 1 heterocycles. The van der Waals surface area contributed by atoms with Crippen molar-refractivity contribution in [3.63, 3.8) is 0 Å². The van der Waals surface area contributed by atoms with Crippen LogP contribution in [0.4, 0.5) is 0 Å². The van der Waals surface area contributed by atoms with Crippen LogP contribution < -0.4 is 10.1 Å². The maximum atomic E-state index is 12.0. The quantitative estimate of drug-likeness (QED) is 0.899. The lowest BCUT2D eigenvalue weighted by Crippen LogP contribution is -2.36. The predicted octanol–water partition coefficient (Wildman–Crippen LogP) is 2.30. The van der Waals surface area contributed by atoms with Crippen LogP contribution in [0.15, 0.2) is 18.2 Å². The molecule has 24 heavy (non-hydrogen) atoms. The number of carbonyl (C=O) groups excluding carboxylic acids is 1. The smallest absolute Gasteiger partial charge is 0.251 e. The molecule has 3 rings (SSSR count). The summed E-state index contributed by atoms with van der Waals surface area (Å²) in [6.07, 6.45) is 4.98. The van der Waals surface area contributed by atoms with Crippen molar-refractivity contribution in [3.05, 3.63) is 29.3 Å². The number of nitrogens with one attached hydrogen (secondary N) is 1. The number of methoxy groups -OCH3 is 1. The van der Waals surface area contributed by atoms with Crippen molar-refractivity contribution in [3.8, 4) is 5.75 Å². The van der Waals surface area contributed by atoms with E-state index < -0.39 is 0 Å². The van der Waals surface area contributed by atoms with Crippen LogP contribution in [0, 0.1) is 0 Å². The van der Waals surface area contributed by atoms with E-state index in [1.807, 2.05) is 6.07 Å². The predicted molar refractivity (Wildman–Crippen MR) is 93.3 cm³/mol. The number of rotatable bonds is 5. The molecule has 1 fully saturated rings. The highest BCUT2D eigenvalue weighted by Gasteiger charge is 2.32. The molecule has 1 saturated heterocycles. The minimum atomic E-state index is -0.273. The van der Waals surface area contributed by atoms with Gasteiger partial charge in [-0.05, 0) is 49.3 Å². The minimum absolute atomic E-state index is 0.0743. The molecule has 1 aromatic carbocycles. The van der Waals surface area contributed by atoms with Gasteiger partial charge in [0.25, 0.3) is 5.91 Å². The molecule has 1 amide bonds. The Labute approximate surface area is 144 Å². The van der Waals surface area contributed by atoms with Gasteiger partial charge in [-0.3, -0.25) is 4.79 Å². The Bertz CT molecular complexity index is 588. The molecule has 0 radical (unpaired) electrons. The molecule has 3 atom stereocenters. The van der Waals surface area contributed by atoms with Gasteiger partial charge in [-0.1, -0.05) is 12.1 Å². The highest BCUT2D eigenvalue weighted by Crippen LogP contribution is 2.35. The van der Waals surface area contributed by atoms with Gasteiger partial charge in [-0.2, -0.15) is 0 Å². The van der Waals surface area contributed by atoms with Gasteiger partial charge in [0.2, 0.25) is 0 Å².